The minimum atomic E-state index is -0.838. The van der Waals surface area contributed by atoms with Crippen LogP contribution in [-0.4, -0.2) is 102 Å². The van der Waals surface area contributed by atoms with Crippen LogP contribution in [0.25, 0.3) is 22.3 Å². The molecule has 3 N–H and O–H groups in total. The number of benzene rings is 2. The van der Waals surface area contributed by atoms with Crippen LogP contribution >= 0.6 is 0 Å². The van der Waals surface area contributed by atoms with Gasteiger partial charge in [-0.05, 0) is 88.9 Å². The number of imidazole rings is 1. The number of hydrogen-bond acceptors (Lipinski definition) is 11. The first-order valence-electron chi connectivity index (χ1n) is 20.1. The first-order chi connectivity index (χ1) is 28.4. The van der Waals surface area contributed by atoms with Gasteiger partial charge in [-0.25, -0.2) is 28.7 Å². The Labute approximate surface area is 340 Å². The Morgan fingerprint density at radius 3 is 2.47 bits per heavy atom. The first-order valence-corrected chi connectivity index (χ1v) is 20.1. The molecular weight excluding hydrogens is 757 g/mol. The van der Waals surface area contributed by atoms with Crippen molar-refractivity contribution in [1.29, 1.82) is 0 Å². The van der Waals surface area contributed by atoms with Crippen molar-refractivity contribution < 1.29 is 23.2 Å². The number of pyridine rings is 1. The van der Waals surface area contributed by atoms with Crippen LogP contribution in [0.2, 0.25) is 0 Å². The molecule has 1 atom stereocenters. The highest BCUT2D eigenvalue weighted by molar-refractivity contribution is 6.25. The van der Waals surface area contributed by atoms with Gasteiger partial charge in [-0.1, -0.05) is 18.7 Å². The Morgan fingerprint density at radius 1 is 0.932 bits per heavy atom. The van der Waals surface area contributed by atoms with E-state index in [1.807, 2.05) is 43.5 Å². The van der Waals surface area contributed by atoms with E-state index in [-0.39, 0.29) is 34.7 Å². The van der Waals surface area contributed by atoms with E-state index in [1.165, 1.54) is 6.07 Å². The summed E-state index contributed by atoms with van der Waals surface area (Å²) in [5.41, 5.74) is 3.99. The zero-order chi connectivity index (χ0) is 41.4. The van der Waals surface area contributed by atoms with Crippen molar-refractivity contribution in [1.82, 2.24) is 44.5 Å². The fraction of sp³-hybridized carbons (Fsp3) is 0.372. The molecule has 3 aromatic heterocycles. The topological polar surface area (TPSA) is 154 Å². The van der Waals surface area contributed by atoms with Crippen molar-refractivity contribution in [3.63, 3.8) is 0 Å². The number of anilines is 3. The number of unbranched alkanes of at least 4 members (excludes halogenated alkanes) is 1. The molecule has 3 aliphatic rings. The monoisotopic (exact) mass is 803 g/mol. The number of nitrogens with one attached hydrogen (secondary N) is 3. The van der Waals surface area contributed by atoms with Gasteiger partial charge in [-0.2, -0.15) is 0 Å². The molecule has 2 saturated heterocycles. The molecule has 0 bridgehead atoms. The summed E-state index contributed by atoms with van der Waals surface area (Å²) in [5.74, 6) is -1.15. The van der Waals surface area contributed by atoms with Crippen molar-refractivity contribution in [3.8, 4) is 11.3 Å². The fourth-order valence-corrected chi connectivity index (χ4v) is 8.25. The number of halogens is 2. The third kappa shape index (κ3) is 8.14. The van der Waals surface area contributed by atoms with Gasteiger partial charge in [0.2, 0.25) is 11.9 Å². The number of rotatable bonds is 13. The first kappa shape index (κ1) is 39.7. The highest BCUT2D eigenvalue weighted by Crippen LogP contribution is 2.34. The molecule has 2 fully saturated rings. The number of hydrogen-bond donors (Lipinski definition) is 3. The van der Waals surface area contributed by atoms with Crippen LogP contribution in [0.15, 0.2) is 67.1 Å². The highest BCUT2D eigenvalue weighted by Gasteiger charge is 2.45. The summed E-state index contributed by atoms with van der Waals surface area (Å²) in [7, 11) is 0. The van der Waals surface area contributed by atoms with E-state index in [4.69, 9.17) is 0 Å². The molecule has 2 aromatic carbocycles. The lowest BCUT2D eigenvalue weighted by atomic mass is 10.0. The van der Waals surface area contributed by atoms with Gasteiger partial charge in [0.05, 0.1) is 22.8 Å². The van der Waals surface area contributed by atoms with Crippen LogP contribution in [0.5, 0.6) is 0 Å². The van der Waals surface area contributed by atoms with Gasteiger partial charge in [-0.3, -0.25) is 24.2 Å². The molecule has 0 spiro atoms. The third-order valence-corrected chi connectivity index (χ3v) is 11.2. The molecule has 0 aliphatic carbocycles. The van der Waals surface area contributed by atoms with E-state index in [9.17, 15) is 14.4 Å². The average Bonchev–Trinajstić information content (AvgIpc) is 3.69. The molecular formula is C43H47F2N11O3. The summed E-state index contributed by atoms with van der Waals surface area (Å²) in [5, 5.41) is 9.09. The maximum atomic E-state index is 15.1. The summed E-state index contributed by atoms with van der Waals surface area (Å²) in [6.07, 6.45) is 5.62. The lowest BCUT2D eigenvalue weighted by Gasteiger charge is -2.34. The fourth-order valence-electron chi connectivity index (χ4n) is 8.25. The molecule has 0 radical (unpaired) electrons. The van der Waals surface area contributed by atoms with Crippen LogP contribution in [0, 0.1) is 18.6 Å². The van der Waals surface area contributed by atoms with E-state index in [2.05, 4.69) is 52.3 Å². The normalized spacial score (nSPS) is 17.6. The molecule has 16 heteroatoms. The number of aryl methyl sites for hydroxylation is 1. The zero-order valence-electron chi connectivity index (χ0n) is 33.4. The predicted octanol–water partition coefficient (Wildman–Crippen LogP) is 6.20. The van der Waals surface area contributed by atoms with Crippen molar-refractivity contribution >= 4 is 46.2 Å². The Hall–Kier alpha value is -6.13. The molecule has 6 heterocycles. The van der Waals surface area contributed by atoms with Crippen LogP contribution in [0.3, 0.4) is 0 Å². The highest BCUT2D eigenvalue weighted by atomic mass is 19.1. The summed E-state index contributed by atoms with van der Waals surface area (Å²) < 4.78 is 32.1. The number of carbonyl (C=O) groups excluding carboxylic acids is 3. The largest absolute Gasteiger partial charge is 0.384 e. The number of amides is 3. The Balaban J connectivity index is 0.787. The smallest absolute Gasteiger partial charge is 0.264 e. The lowest BCUT2D eigenvalue weighted by Crippen LogP contribution is -2.51. The number of imide groups is 1. The van der Waals surface area contributed by atoms with Crippen molar-refractivity contribution in [3.05, 3.63) is 101 Å². The van der Waals surface area contributed by atoms with E-state index in [0.717, 1.165) is 68.8 Å². The molecule has 3 aliphatic heterocycles. The Bertz CT molecular complexity index is 2440. The summed E-state index contributed by atoms with van der Waals surface area (Å²) in [6.45, 7) is 15.7. The number of carbonyl (C=O) groups is 3. The average molecular weight is 804 g/mol. The van der Waals surface area contributed by atoms with Crippen LogP contribution in [-0.2, 0) is 11.3 Å². The van der Waals surface area contributed by atoms with Gasteiger partial charge in [0.25, 0.3) is 11.8 Å². The molecule has 1 unspecified atom stereocenters. The third-order valence-electron chi connectivity index (χ3n) is 11.2. The van der Waals surface area contributed by atoms with Crippen LogP contribution in [0.1, 0.15) is 77.7 Å². The zero-order valence-corrected chi connectivity index (χ0v) is 33.4. The number of nitrogens with zero attached hydrogens (tertiary/aromatic N) is 8. The molecule has 14 nitrogen and oxygen atoms in total. The maximum absolute atomic E-state index is 15.1. The van der Waals surface area contributed by atoms with Crippen molar-refractivity contribution in [2.45, 2.75) is 65.1 Å². The molecule has 8 rings (SSSR count). The quantitative estimate of drug-likeness (QED) is 0.0922. The Morgan fingerprint density at radius 2 is 1.73 bits per heavy atom. The molecule has 306 valence electrons. The van der Waals surface area contributed by atoms with Gasteiger partial charge in [0.1, 0.15) is 28.9 Å². The molecule has 59 heavy (non-hydrogen) atoms. The van der Waals surface area contributed by atoms with E-state index in [0.29, 0.717) is 59.1 Å². The minimum absolute atomic E-state index is 0.0242. The van der Waals surface area contributed by atoms with Gasteiger partial charge in [0, 0.05) is 68.5 Å². The molecule has 5 aromatic rings. The van der Waals surface area contributed by atoms with Crippen molar-refractivity contribution in [2.75, 3.05) is 49.9 Å². The standard InChI is InChI=1S/C43H47F2N11O3/c1-25(2)55-27(4)50-39-31(44)20-29(21-35(39)55)38-32(45)23-48-43(52-38)51-36-13-11-28(22-47-36)24-54-18-16-53(17-19-54)15-6-5-14-46-33-9-7-8-30-37(33)42(59)56(41(30)58)34-12-10-26(3)49-40(34)57/h7-9,11,13,20-23,25,34,46H,3,5-6,10,12,14-19,24H2,1-2,4H3,(H,49,57)(H,47,48,51,52). The second-order valence-electron chi connectivity index (χ2n) is 15.6. The summed E-state index contributed by atoms with van der Waals surface area (Å²) in [4.78, 5) is 62.5. The summed E-state index contributed by atoms with van der Waals surface area (Å²) in [6, 6.07) is 11.2. The number of piperazine rings is 1. The van der Waals surface area contributed by atoms with Gasteiger partial charge in [-0.15, -0.1) is 0 Å². The van der Waals surface area contributed by atoms with E-state index in [1.54, 1.807) is 24.4 Å². The second-order valence-corrected chi connectivity index (χ2v) is 15.6. The number of fused-ring (bicyclic) bond motifs is 2. The number of aromatic nitrogens is 5. The predicted molar refractivity (Wildman–Crippen MR) is 220 cm³/mol. The van der Waals surface area contributed by atoms with Gasteiger partial charge in [0.15, 0.2) is 11.6 Å². The second kappa shape index (κ2) is 16.6. The van der Waals surface area contributed by atoms with Crippen LogP contribution in [0.4, 0.5) is 26.2 Å². The number of allylic oxidation sites excluding steroid dienone is 1. The number of piperidine rings is 1. The maximum Gasteiger partial charge on any atom is 0.264 e. The van der Waals surface area contributed by atoms with E-state index >= 15 is 8.78 Å². The molecule has 0 saturated carbocycles. The summed E-state index contributed by atoms with van der Waals surface area (Å²) >= 11 is 0. The molecule has 3 amide bonds. The van der Waals surface area contributed by atoms with Gasteiger partial charge >= 0.3 is 0 Å². The Kier molecular flexibility index (Phi) is 11.2. The van der Waals surface area contributed by atoms with E-state index < -0.39 is 29.5 Å². The minimum Gasteiger partial charge on any atom is -0.384 e. The van der Waals surface area contributed by atoms with Gasteiger partial charge < -0.3 is 25.4 Å². The SMILES string of the molecule is C=C1CCC(N2C(=O)c3cccc(NCCCCN4CCN(Cc5ccc(Nc6ncc(F)c(-c7cc(F)c8nc(C)n(C(C)C)c8c7)n6)nc5)CC4)c3C2=O)C(=O)N1. The van der Waals surface area contributed by atoms with Crippen LogP contribution < -0.4 is 16.0 Å². The lowest BCUT2D eigenvalue weighted by molar-refractivity contribution is -0.125. The van der Waals surface area contributed by atoms with Crippen molar-refractivity contribution in [2.24, 2.45) is 0 Å².